The van der Waals surface area contributed by atoms with E-state index in [0.717, 1.165) is 49.2 Å². The maximum atomic E-state index is 4.47. The van der Waals surface area contributed by atoms with Gasteiger partial charge in [0.15, 0.2) is 0 Å². The standard InChI is InChI=1S/C20H25N7/c1-26-11-8-22-20(26)14-27-9-5-16(6-10-27)12-17-13-19(24-15-23-17)25-18-4-2-3-7-21-18/h2-4,7-8,11,13,15-16H,5-6,9-10,12,14H2,1H3,(H,21,23,24,25). The minimum atomic E-state index is 0.667. The third-order valence-electron chi connectivity index (χ3n) is 5.14. The fraction of sp³-hybridized carbons (Fsp3) is 0.400. The highest BCUT2D eigenvalue weighted by molar-refractivity contribution is 5.50. The third kappa shape index (κ3) is 4.68. The van der Waals surface area contributed by atoms with E-state index in [0.29, 0.717) is 5.92 Å². The molecule has 3 aromatic rings. The Morgan fingerprint density at radius 1 is 1.04 bits per heavy atom. The molecule has 0 atom stereocenters. The topological polar surface area (TPSA) is 71.8 Å². The molecule has 0 amide bonds. The van der Waals surface area contributed by atoms with E-state index in [2.05, 4.69) is 41.8 Å². The molecule has 0 radical (unpaired) electrons. The molecule has 0 spiro atoms. The molecule has 0 bridgehead atoms. The lowest BCUT2D eigenvalue weighted by molar-refractivity contribution is 0.171. The zero-order chi connectivity index (χ0) is 18.5. The Bertz CT molecular complexity index is 854. The summed E-state index contributed by atoms with van der Waals surface area (Å²) in [6, 6.07) is 7.82. The number of aromatic nitrogens is 5. The maximum Gasteiger partial charge on any atom is 0.135 e. The molecule has 0 unspecified atom stereocenters. The average molecular weight is 363 g/mol. The number of imidazole rings is 1. The lowest BCUT2D eigenvalue weighted by Gasteiger charge is -2.31. The number of likely N-dealkylation sites (tertiary alicyclic amines) is 1. The molecule has 1 aliphatic heterocycles. The van der Waals surface area contributed by atoms with E-state index in [4.69, 9.17) is 0 Å². The second kappa shape index (κ2) is 8.26. The van der Waals surface area contributed by atoms with Crippen molar-refractivity contribution in [2.75, 3.05) is 18.4 Å². The van der Waals surface area contributed by atoms with Crippen LogP contribution in [0.3, 0.4) is 0 Å². The van der Waals surface area contributed by atoms with Gasteiger partial charge in [-0.25, -0.2) is 19.9 Å². The van der Waals surface area contributed by atoms with Crippen LogP contribution in [0.2, 0.25) is 0 Å². The quantitative estimate of drug-likeness (QED) is 0.726. The normalized spacial score (nSPS) is 15.7. The van der Waals surface area contributed by atoms with Crippen molar-refractivity contribution in [2.45, 2.75) is 25.8 Å². The first kappa shape index (κ1) is 17.6. The first-order valence-electron chi connectivity index (χ1n) is 9.44. The summed E-state index contributed by atoms with van der Waals surface area (Å²) in [5.41, 5.74) is 1.09. The van der Waals surface area contributed by atoms with Gasteiger partial charge in [-0.3, -0.25) is 4.90 Å². The van der Waals surface area contributed by atoms with Crippen LogP contribution in [-0.2, 0) is 20.0 Å². The van der Waals surface area contributed by atoms with Crippen LogP contribution in [0.25, 0.3) is 0 Å². The van der Waals surface area contributed by atoms with Crippen LogP contribution in [-0.4, -0.2) is 42.5 Å². The van der Waals surface area contributed by atoms with Gasteiger partial charge in [-0.05, 0) is 50.4 Å². The van der Waals surface area contributed by atoms with Crippen molar-refractivity contribution in [1.82, 2.24) is 29.4 Å². The number of anilines is 2. The van der Waals surface area contributed by atoms with Gasteiger partial charge in [0.2, 0.25) is 0 Å². The maximum absolute atomic E-state index is 4.47. The lowest BCUT2D eigenvalue weighted by Crippen LogP contribution is -2.34. The molecule has 0 aromatic carbocycles. The van der Waals surface area contributed by atoms with Gasteiger partial charge >= 0.3 is 0 Å². The zero-order valence-electron chi connectivity index (χ0n) is 15.6. The van der Waals surface area contributed by atoms with Crippen molar-refractivity contribution >= 4 is 11.6 Å². The lowest BCUT2D eigenvalue weighted by atomic mass is 9.92. The molecule has 7 nitrogen and oxygen atoms in total. The van der Waals surface area contributed by atoms with E-state index in [9.17, 15) is 0 Å². The number of hydrogen-bond acceptors (Lipinski definition) is 6. The van der Waals surface area contributed by atoms with E-state index in [1.54, 1.807) is 12.5 Å². The Hall–Kier alpha value is -2.80. The van der Waals surface area contributed by atoms with Crippen LogP contribution in [0.4, 0.5) is 11.6 Å². The first-order valence-corrected chi connectivity index (χ1v) is 9.44. The summed E-state index contributed by atoms with van der Waals surface area (Å²) >= 11 is 0. The van der Waals surface area contributed by atoms with Gasteiger partial charge in [-0.1, -0.05) is 6.07 Å². The number of piperidine rings is 1. The average Bonchev–Trinajstić information content (AvgIpc) is 3.09. The van der Waals surface area contributed by atoms with Crippen LogP contribution in [0.5, 0.6) is 0 Å². The number of hydrogen-bond donors (Lipinski definition) is 1. The summed E-state index contributed by atoms with van der Waals surface area (Å²) in [6.45, 7) is 3.16. The largest absolute Gasteiger partial charge is 0.337 e. The van der Waals surface area contributed by atoms with E-state index in [1.807, 2.05) is 36.7 Å². The molecule has 1 saturated heterocycles. The van der Waals surface area contributed by atoms with Crippen molar-refractivity contribution in [2.24, 2.45) is 13.0 Å². The van der Waals surface area contributed by atoms with Crippen LogP contribution in [0, 0.1) is 5.92 Å². The molecule has 1 aliphatic rings. The molecule has 4 rings (SSSR count). The number of pyridine rings is 1. The van der Waals surface area contributed by atoms with Crippen molar-refractivity contribution in [3.05, 3.63) is 60.7 Å². The summed E-state index contributed by atoms with van der Waals surface area (Å²) < 4.78 is 2.10. The van der Waals surface area contributed by atoms with Gasteiger partial charge in [-0.15, -0.1) is 0 Å². The van der Waals surface area contributed by atoms with Crippen molar-refractivity contribution in [3.8, 4) is 0 Å². The molecule has 3 aromatic heterocycles. The Morgan fingerprint density at radius 3 is 2.67 bits per heavy atom. The summed E-state index contributed by atoms with van der Waals surface area (Å²) in [6.07, 6.45) is 10.7. The molecule has 4 heterocycles. The minimum absolute atomic E-state index is 0.667. The second-order valence-corrected chi connectivity index (χ2v) is 7.11. The monoisotopic (exact) mass is 363 g/mol. The minimum Gasteiger partial charge on any atom is -0.337 e. The Labute approximate surface area is 159 Å². The Morgan fingerprint density at radius 2 is 1.93 bits per heavy atom. The summed E-state index contributed by atoms with van der Waals surface area (Å²) in [5.74, 6) is 3.39. The molecular formula is C20H25N7. The van der Waals surface area contributed by atoms with E-state index >= 15 is 0 Å². The third-order valence-corrected chi connectivity index (χ3v) is 5.14. The van der Waals surface area contributed by atoms with Crippen LogP contribution >= 0.6 is 0 Å². The van der Waals surface area contributed by atoms with Gasteiger partial charge in [0.1, 0.15) is 23.8 Å². The molecule has 0 saturated carbocycles. The van der Waals surface area contributed by atoms with E-state index in [1.165, 1.54) is 12.8 Å². The Kier molecular flexibility index (Phi) is 5.39. The molecule has 0 aliphatic carbocycles. The Balaban J connectivity index is 1.30. The van der Waals surface area contributed by atoms with E-state index < -0.39 is 0 Å². The predicted octanol–water partition coefficient (Wildman–Crippen LogP) is 2.80. The van der Waals surface area contributed by atoms with Gasteiger partial charge < -0.3 is 9.88 Å². The van der Waals surface area contributed by atoms with Gasteiger partial charge in [-0.2, -0.15) is 0 Å². The molecule has 140 valence electrons. The molecular weight excluding hydrogens is 338 g/mol. The van der Waals surface area contributed by atoms with Crippen LogP contribution in [0.15, 0.2) is 49.2 Å². The fourth-order valence-electron chi connectivity index (χ4n) is 3.54. The smallest absolute Gasteiger partial charge is 0.135 e. The van der Waals surface area contributed by atoms with Gasteiger partial charge in [0.05, 0.1) is 6.54 Å². The predicted molar refractivity (Wildman–Crippen MR) is 104 cm³/mol. The summed E-state index contributed by atoms with van der Waals surface area (Å²) in [7, 11) is 2.06. The zero-order valence-corrected chi connectivity index (χ0v) is 15.6. The van der Waals surface area contributed by atoms with E-state index in [-0.39, 0.29) is 0 Å². The summed E-state index contributed by atoms with van der Waals surface area (Å²) in [4.78, 5) is 20.0. The van der Waals surface area contributed by atoms with Crippen LogP contribution < -0.4 is 5.32 Å². The number of aryl methyl sites for hydroxylation is 1. The van der Waals surface area contributed by atoms with Crippen molar-refractivity contribution in [3.63, 3.8) is 0 Å². The molecule has 1 fully saturated rings. The second-order valence-electron chi connectivity index (χ2n) is 7.11. The van der Waals surface area contributed by atoms with Crippen LogP contribution in [0.1, 0.15) is 24.4 Å². The molecule has 27 heavy (non-hydrogen) atoms. The number of nitrogens with one attached hydrogen (secondary N) is 1. The SMILES string of the molecule is Cn1ccnc1CN1CCC(Cc2cc(Nc3ccccn3)ncn2)CC1. The number of rotatable bonds is 6. The van der Waals surface area contributed by atoms with Crippen molar-refractivity contribution in [1.29, 1.82) is 0 Å². The highest BCUT2D eigenvalue weighted by atomic mass is 15.2. The fourth-order valence-corrected chi connectivity index (χ4v) is 3.54. The first-order chi connectivity index (χ1) is 13.3. The van der Waals surface area contributed by atoms with Gasteiger partial charge in [0.25, 0.3) is 0 Å². The summed E-state index contributed by atoms with van der Waals surface area (Å²) in [5, 5.41) is 3.24. The van der Waals surface area contributed by atoms with Crippen molar-refractivity contribution < 1.29 is 0 Å². The molecule has 1 N–H and O–H groups in total. The highest BCUT2D eigenvalue weighted by Crippen LogP contribution is 2.23. The highest BCUT2D eigenvalue weighted by Gasteiger charge is 2.21. The van der Waals surface area contributed by atoms with Gasteiger partial charge in [0, 0.05) is 37.4 Å². The number of nitrogens with zero attached hydrogens (tertiary/aromatic N) is 6. The molecule has 7 heteroatoms.